The number of ketones is 1. The Morgan fingerprint density at radius 2 is 2.15 bits per heavy atom. The topological polar surface area (TPSA) is 74.8 Å². The fourth-order valence-electron chi connectivity index (χ4n) is 3.56. The fourth-order valence-corrected chi connectivity index (χ4v) is 4.57. The molecule has 134 valence electrons. The number of H-pyrrole nitrogens is 1. The molecule has 0 unspecified atom stereocenters. The van der Waals surface area contributed by atoms with Crippen molar-refractivity contribution in [2.75, 3.05) is 6.54 Å². The fraction of sp³-hybridized carbons (Fsp3) is 0.350. The molecule has 0 atom stereocenters. The Morgan fingerprint density at radius 1 is 1.31 bits per heavy atom. The van der Waals surface area contributed by atoms with Crippen molar-refractivity contribution in [2.45, 2.75) is 39.0 Å². The molecule has 6 heteroatoms. The van der Waals surface area contributed by atoms with Crippen molar-refractivity contribution < 1.29 is 9.59 Å². The molecule has 2 heterocycles. The number of carbonyl (C=O) groups is 2. The van der Waals surface area contributed by atoms with Gasteiger partial charge in [0.05, 0.1) is 15.2 Å². The number of carbonyl (C=O) groups excluding carboxylic acids is 2. The van der Waals surface area contributed by atoms with E-state index in [9.17, 15) is 9.59 Å². The quantitative estimate of drug-likeness (QED) is 0.673. The van der Waals surface area contributed by atoms with Crippen LogP contribution in [0.2, 0.25) is 0 Å². The van der Waals surface area contributed by atoms with Gasteiger partial charge in [-0.05, 0) is 43.9 Å². The second-order valence-electron chi connectivity index (χ2n) is 6.69. The average Bonchev–Trinajstić information content (AvgIpc) is 3.20. The summed E-state index contributed by atoms with van der Waals surface area (Å²) >= 11 is 1.71. The van der Waals surface area contributed by atoms with E-state index >= 15 is 0 Å². The minimum Gasteiger partial charge on any atom is -0.354 e. The molecule has 0 fully saturated rings. The van der Waals surface area contributed by atoms with Crippen LogP contribution < -0.4 is 5.32 Å². The number of nitrogens with one attached hydrogen (secondary N) is 2. The minimum atomic E-state index is -0.131. The Kier molecular flexibility index (Phi) is 4.59. The first kappa shape index (κ1) is 17.0. The minimum absolute atomic E-state index is 0.131. The van der Waals surface area contributed by atoms with E-state index in [0.29, 0.717) is 18.7 Å². The summed E-state index contributed by atoms with van der Waals surface area (Å²) in [6.07, 6.45) is 3.96. The number of hydrogen-bond acceptors (Lipinski definition) is 4. The number of aromatic nitrogens is 2. The van der Waals surface area contributed by atoms with Crippen LogP contribution in [0.5, 0.6) is 0 Å². The van der Waals surface area contributed by atoms with Crippen LogP contribution >= 0.6 is 11.3 Å². The van der Waals surface area contributed by atoms with Crippen LogP contribution in [0, 0.1) is 6.92 Å². The SMILES string of the molecule is Cc1c(C(=O)NCCCc2nc3ccccc3s2)[nH]c2c1C(=O)CCC2. The molecule has 0 saturated carbocycles. The number of nitrogens with zero attached hydrogens (tertiary/aromatic N) is 1. The number of thiazole rings is 1. The Hall–Kier alpha value is -2.47. The molecule has 3 aromatic rings. The molecule has 0 saturated heterocycles. The van der Waals surface area contributed by atoms with Crippen LogP contribution in [0.4, 0.5) is 0 Å². The highest BCUT2D eigenvalue weighted by molar-refractivity contribution is 7.18. The molecule has 2 aromatic heterocycles. The summed E-state index contributed by atoms with van der Waals surface area (Å²) < 4.78 is 1.20. The lowest BCUT2D eigenvalue weighted by Gasteiger charge is -2.09. The molecule has 4 rings (SSSR count). The number of amides is 1. The number of benzene rings is 1. The molecular formula is C20H21N3O2S. The third-order valence-electron chi connectivity index (χ3n) is 4.86. The Labute approximate surface area is 155 Å². The zero-order valence-corrected chi connectivity index (χ0v) is 15.5. The zero-order chi connectivity index (χ0) is 18.1. The number of para-hydroxylation sites is 1. The van der Waals surface area contributed by atoms with E-state index in [4.69, 9.17) is 0 Å². The van der Waals surface area contributed by atoms with Crippen molar-refractivity contribution in [1.82, 2.24) is 15.3 Å². The van der Waals surface area contributed by atoms with Gasteiger partial charge in [0.2, 0.25) is 0 Å². The van der Waals surface area contributed by atoms with E-state index in [0.717, 1.165) is 53.0 Å². The van der Waals surface area contributed by atoms with Crippen molar-refractivity contribution in [1.29, 1.82) is 0 Å². The van der Waals surface area contributed by atoms with Gasteiger partial charge in [0.25, 0.3) is 5.91 Å². The van der Waals surface area contributed by atoms with E-state index in [1.165, 1.54) is 4.70 Å². The van der Waals surface area contributed by atoms with E-state index in [-0.39, 0.29) is 11.7 Å². The highest BCUT2D eigenvalue weighted by Gasteiger charge is 2.26. The van der Waals surface area contributed by atoms with Crippen molar-refractivity contribution in [2.24, 2.45) is 0 Å². The number of Topliss-reactive ketones (excluding diaryl/α,β-unsaturated/α-hetero) is 1. The van der Waals surface area contributed by atoms with Crippen LogP contribution in [-0.4, -0.2) is 28.2 Å². The number of hydrogen-bond donors (Lipinski definition) is 2. The third kappa shape index (κ3) is 3.17. The van der Waals surface area contributed by atoms with Gasteiger partial charge in [-0.15, -0.1) is 11.3 Å². The van der Waals surface area contributed by atoms with Crippen LogP contribution in [0.15, 0.2) is 24.3 Å². The largest absolute Gasteiger partial charge is 0.354 e. The standard InChI is InChI=1S/C20H21N3O2S/c1-12-18-14(7-4-8-15(18)24)23-19(12)20(25)21-11-5-10-17-22-13-6-2-3-9-16(13)26-17/h2-3,6,9,23H,4-5,7-8,10-11H2,1H3,(H,21,25). The Morgan fingerprint density at radius 3 is 2.96 bits per heavy atom. The van der Waals surface area contributed by atoms with Crippen molar-refractivity contribution in [3.05, 3.63) is 51.8 Å². The van der Waals surface area contributed by atoms with E-state index < -0.39 is 0 Å². The van der Waals surface area contributed by atoms with Gasteiger partial charge in [-0.25, -0.2) is 4.98 Å². The Balaban J connectivity index is 1.35. The molecule has 1 aliphatic rings. The van der Waals surface area contributed by atoms with Gasteiger partial charge in [0, 0.05) is 30.6 Å². The predicted octanol–water partition coefficient (Wildman–Crippen LogP) is 3.81. The zero-order valence-electron chi connectivity index (χ0n) is 14.7. The predicted molar refractivity (Wildman–Crippen MR) is 103 cm³/mol. The summed E-state index contributed by atoms with van der Waals surface area (Å²) in [5.74, 6) is 0.0175. The van der Waals surface area contributed by atoms with Crippen LogP contribution in [-0.2, 0) is 12.8 Å². The number of rotatable bonds is 5. The molecule has 5 nitrogen and oxygen atoms in total. The number of fused-ring (bicyclic) bond motifs is 2. The maximum Gasteiger partial charge on any atom is 0.268 e. The van der Waals surface area contributed by atoms with Gasteiger partial charge in [0.15, 0.2) is 5.78 Å². The first-order valence-electron chi connectivity index (χ1n) is 9.01. The smallest absolute Gasteiger partial charge is 0.268 e. The average molecular weight is 367 g/mol. The van der Waals surface area contributed by atoms with Gasteiger partial charge in [-0.1, -0.05) is 12.1 Å². The normalized spacial score (nSPS) is 13.8. The molecule has 0 spiro atoms. The number of aromatic amines is 1. The highest BCUT2D eigenvalue weighted by Crippen LogP contribution is 2.26. The van der Waals surface area contributed by atoms with E-state index in [2.05, 4.69) is 21.4 Å². The first-order chi connectivity index (χ1) is 12.6. The lowest BCUT2D eigenvalue weighted by molar-refractivity contribution is 0.0947. The van der Waals surface area contributed by atoms with Crippen molar-refractivity contribution >= 4 is 33.2 Å². The van der Waals surface area contributed by atoms with Gasteiger partial charge in [-0.3, -0.25) is 9.59 Å². The molecule has 0 bridgehead atoms. The second kappa shape index (κ2) is 7.03. The first-order valence-corrected chi connectivity index (χ1v) is 9.82. The molecule has 1 amide bonds. The number of aryl methyl sites for hydroxylation is 2. The van der Waals surface area contributed by atoms with E-state index in [1.54, 1.807) is 11.3 Å². The molecule has 0 aliphatic heterocycles. The van der Waals surface area contributed by atoms with Gasteiger partial charge in [0.1, 0.15) is 5.69 Å². The summed E-state index contributed by atoms with van der Waals surface area (Å²) in [6.45, 7) is 2.44. The lowest BCUT2D eigenvalue weighted by atomic mass is 9.94. The summed E-state index contributed by atoms with van der Waals surface area (Å²) in [5, 5.41) is 4.06. The molecule has 1 aromatic carbocycles. The second-order valence-corrected chi connectivity index (χ2v) is 7.81. The van der Waals surface area contributed by atoms with Crippen LogP contribution in [0.25, 0.3) is 10.2 Å². The summed E-state index contributed by atoms with van der Waals surface area (Å²) in [4.78, 5) is 32.3. The molecular weight excluding hydrogens is 346 g/mol. The maximum atomic E-state index is 12.5. The van der Waals surface area contributed by atoms with E-state index in [1.807, 2.05) is 25.1 Å². The monoisotopic (exact) mass is 367 g/mol. The molecule has 1 aliphatic carbocycles. The van der Waals surface area contributed by atoms with Gasteiger partial charge in [-0.2, -0.15) is 0 Å². The van der Waals surface area contributed by atoms with Crippen LogP contribution in [0.3, 0.4) is 0 Å². The molecule has 26 heavy (non-hydrogen) atoms. The van der Waals surface area contributed by atoms with Crippen LogP contribution in [0.1, 0.15) is 56.4 Å². The lowest BCUT2D eigenvalue weighted by Crippen LogP contribution is -2.25. The van der Waals surface area contributed by atoms with Gasteiger partial charge < -0.3 is 10.3 Å². The summed E-state index contributed by atoms with van der Waals surface area (Å²) in [7, 11) is 0. The van der Waals surface area contributed by atoms with Crippen molar-refractivity contribution in [3.8, 4) is 0 Å². The van der Waals surface area contributed by atoms with Gasteiger partial charge >= 0.3 is 0 Å². The highest BCUT2D eigenvalue weighted by atomic mass is 32.1. The third-order valence-corrected chi connectivity index (χ3v) is 5.95. The summed E-state index contributed by atoms with van der Waals surface area (Å²) in [5.41, 5.74) is 4.00. The molecule has 2 N–H and O–H groups in total. The maximum absolute atomic E-state index is 12.5. The summed E-state index contributed by atoms with van der Waals surface area (Å²) in [6, 6.07) is 8.12. The van der Waals surface area contributed by atoms with Crippen molar-refractivity contribution in [3.63, 3.8) is 0 Å². The Bertz CT molecular complexity index is 953. The molecule has 0 radical (unpaired) electrons.